The summed E-state index contributed by atoms with van der Waals surface area (Å²) in [7, 11) is 0. The van der Waals surface area contributed by atoms with Crippen molar-refractivity contribution in [3.05, 3.63) is 84.4 Å². The molecular weight excluding hydrogens is 236 g/mol. The summed E-state index contributed by atoms with van der Waals surface area (Å²) in [5, 5.41) is 10.5. The summed E-state index contributed by atoms with van der Waals surface area (Å²) >= 11 is 0. The molecule has 0 radical (unpaired) electrons. The molecule has 0 spiro atoms. The largest absolute Gasteiger partial charge is 0.384 e. The Bertz CT molecular complexity index is 648. The second kappa shape index (κ2) is 5.08. The van der Waals surface area contributed by atoms with Crippen molar-refractivity contribution < 1.29 is 5.11 Å². The molecule has 0 aliphatic carbocycles. The van der Waals surface area contributed by atoms with Crippen LogP contribution in [-0.2, 0) is 0 Å². The van der Waals surface area contributed by atoms with Gasteiger partial charge >= 0.3 is 0 Å². The van der Waals surface area contributed by atoms with Gasteiger partial charge in [-0.2, -0.15) is 0 Å². The van der Waals surface area contributed by atoms with Crippen LogP contribution in [0.15, 0.2) is 73.3 Å². The van der Waals surface area contributed by atoms with Gasteiger partial charge in [0.25, 0.3) is 0 Å². The van der Waals surface area contributed by atoms with Crippen LogP contribution in [0.5, 0.6) is 0 Å². The minimum Gasteiger partial charge on any atom is -0.384 e. The zero-order valence-electron chi connectivity index (χ0n) is 10.3. The van der Waals surface area contributed by atoms with E-state index >= 15 is 0 Å². The van der Waals surface area contributed by atoms with Gasteiger partial charge in [0.2, 0.25) is 0 Å². The van der Waals surface area contributed by atoms with E-state index in [-0.39, 0.29) is 0 Å². The first-order valence-corrected chi connectivity index (χ1v) is 6.16. The molecule has 0 aliphatic rings. The smallest absolute Gasteiger partial charge is 0.106 e. The fourth-order valence-electron chi connectivity index (χ4n) is 2.17. The summed E-state index contributed by atoms with van der Waals surface area (Å²) in [6.45, 7) is 0. The van der Waals surface area contributed by atoms with Gasteiger partial charge in [0.15, 0.2) is 0 Å². The molecule has 0 amide bonds. The van der Waals surface area contributed by atoms with Gasteiger partial charge in [0.1, 0.15) is 6.10 Å². The molecule has 19 heavy (non-hydrogen) atoms. The minimum absolute atomic E-state index is 0.639. The van der Waals surface area contributed by atoms with Crippen molar-refractivity contribution in [3.63, 3.8) is 0 Å². The molecule has 0 aliphatic heterocycles. The fourth-order valence-corrected chi connectivity index (χ4v) is 2.17. The second-order valence-corrected chi connectivity index (χ2v) is 4.34. The molecule has 1 heterocycles. The molecular formula is C16H14N2O. The Hall–Kier alpha value is -2.39. The number of aromatic nitrogens is 2. The molecule has 1 unspecified atom stereocenters. The summed E-state index contributed by atoms with van der Waals surface area (Å²) in [5.74, 6) is 0. The number of hydrogen-bond acceptors (Lipinski definition) is 2. The Morgan fingerprint density at radius 2 is 1.68 bits per heavy atom. The van der Waals surface area contributed by atoms with Crippen LogP contribution in [0.2, 0.25) is 0 Å². The number of aliphatic hydroxyl groups is 1. The fraction of sp³-hybridized carbons (Fsp3) is 0.0625. The van der Waals surface area contributed by atoms with Crippen molar-refractivity contribution in [2.24, 2.45) is 0 Å². The highest BCUT2D eigenvalue weighted by Gasteiger charge is 2.14. The molecule has 0 saturated carbocycles. The van der Waals surface area contributed by atoms with Crippen molar-refractivity contribution in [2.75, 3.05) is 0 Å². The van der Waals surface area contributed by atoms with Gasteiger partial charge < -0.3 is 9.67 Å². The van der Waals surface area contributed by atoms with Gasteiger partial charge in [0.05, 0.1) is 12.0 Å². The summed E-state index contributed by atoms with van der Waals surface area (Å²) < 4.78 is 1.90. The van der Waals surface area contributed by atoms with E-state index in [2.05, 4.69) is 4.98 Å². The maximum absolute atomic E-state index is 10.5. The lowest BCUT2D eigenvalue weighted by Gasteiger charge is -2.16. The lowest BCUT2D eigenvalue weighted by atomic mass is 10.00. The summed E-state index contributed by atoms with van der Waals surface area (Å²) in [6.07, 6.45) is 4.69. The van der Waals surface area contributed by atoms with Crippen molar-refractivity contribution in [3.8, 4) is 5.69 Å². The van der Waals surface area contributed by atoms with Crippen LogP contribution >= 0.6 is 0 Å². The van der Waals surface area contributed by atoms with E-state index in [1.807, 2.05) is 65.4 Å². The third kappa shape index (κ3) is 2.28. The summed E-state index contributed by atoms with van der Waals surface area (Å²) in [4.78, 5) is 4.05. The first-order chi connectivity index (χ1) is 9.36. The number of hydrogen-bond donors (Lipinski definition) is 1. The Balaban J connectivity index is 2.06. The monoisotopic (exact) mass is 250 g/mol. The zero-order chi connectivity index (χ0) is 13.1. The maximum atomic E-state index is 10.5. The van der Waals surface area contributed by atoms with Crippen molar-refractivity contribution in [1.82, 2.24) is 9.55 Å². The highest BCUT2D eigenvalue weighted by molar-refractivity contribution is 5.45. The van der Waals surface area contributed by atoms with E-state index in [0.29, 0.717) is 0 Å². The number of aliphatic hydroxyl groups excluding tert-OH is 1. The lowest BCUT2D eigenvalue weighted by Crippen LogP contribution is -2.05. The average Bonchev–Trinajstić information content (AvgIpc) is 3.01. The molecule has 3 rings (SSSR count). The van der Waals surface area contributed by atoms with Crippen LogP contribution in [0.1, 0.15) is 17.2 Å². The SMILES string of the molecule is OC(c1ccccc1)c1ccccc1-n1ccnc1. The molecule has 3 aromatic rings. The molecule has 1 aromatic heterocycles. The van der Waals surface area contributed by atoms with Crippen LogP contribution in [0.4, 0.5) is 0 Å². The average molecular weight is 250 g/mol. The van der Waals surface area contributed by atoms with E-state index in [1.54, 1.807) is 12.5 Å². The van der Waals surface area contributed by atoms with E-state index < -0.39 is 6.10 Å². The highest BCUT2D eigenvalue weighted by atomic mass is 16.3. The Morgan fingerprint density at radius 3 is 2.42 bits per heavy atom. The minimum atomic E-state index is -0.639. The molecule has 3 nitrogen and oxygen atoms in total. The van der Waals surface area contributed by atoms with Crippen molar-refractivity contribution in [1.29, 1.82) is 0 Å². The summed E-state index contributed by atoms with van der Waals surface area (Å²) in [6, 6.07) is 17.5. The Morgan fingerprint density at radius 1 is 0.947 bits per heavy atom. The van der Waals surface area contributed by atoms with Crippen molar-refractivity contribution in [2.45, 2.75) is 6.10 Å². The third-order valence-electron chi connectivity index (χ3n) is 3.13. The second-order valence-electron chi connectivity index (χ2n) is 4.34. The lowest BCUT2D eigenvalue weighted by molar-refractivity contribution is 0.220. The number of imidazole rings is 1. The van der Waals surface area contributed by atoms with E-state index in [4.69, 9.17) is 0 Å². The van der Waals surface area contributed by atoms with E-state index in [9.17, 15) is 5.11 Å². The van der Waals surface area contributed by atoms with Gasteiger partial charge in [-0.1, -0.05) is 48.5 Å². The zero-order valence-corrected chi connectivity index (χ0v) is 10.3. The van der Waals surface area contributed by atoms with Gasteiger partial charge in [-0.25, -0.2) is 4.98 Å². The predicted octanol–water partition coefficient (Wildman–Crippen LogP) is 2.95. The van der Waals surface area contributed by atoms with Crippen LogP contribution in [0.25, 0.3) is 5.69 Å². The number of benzene rings is 2. The van der Waals surface area contributed by atoms with E-state index in [0.717, 1.165) is 16.8 Å². The first kappa shape index (κ1) is 11.7. The summed E-state index contributed by atoms with van der Waals surface area (Å²) in [5.41, 5.74) is 2.69. The standard InChI is InChI=1S/C16H14N2O/c19-16(13-6-2-1-3-7-13)14-8-4-5-9-15(14)18-11-10-17-12-18/h1-12,16,19H. The number of para-hydroxylation sites is 1. The van der Waals surface area contributed by atoms with Gasteiger partial charge in [-0.3, -0.25) is 0 Å². The molecule has 0 bridgehead atoms. The Kier molecular flexibility index (Phi) is 3.12. The number of nitrogens with zero attached hydrogens (tertiary/aromatic N) is 2. The van der Waals surface area contributed by atoms with Gasteiger partial charge in [-0.15, -0.1) is 0 Å². The van der Waals surface area contributed by atoms with Crippen LogP contribution < -0.4 is 0 Å². The van der Waals surface area contributed by atoms with Gasteiger partial charge in [-0.05, 0) is 11.6 Å². The Labute approximate surface area is 111 Å². The maximum Gasteiger partial charge on any atom is 0.106 e. The predicted molar refractivity (Wildman–Crippen MR) is 74.1 cm³/mol. The molecule has 94 valence electrons. The van der Waals surface area contributed by atoms with Gasteiger partial charge in [0, 0.05) is 18.0 Å². The van der Waals surface area contributed by atoms with Crippen LogP contribution in [-0.4, -0.2) is 14.7 Å². The molecule has 1 atom stereocenters. The quantitative estimate of drug-likeness (QED) is 0.776. The third-order valence-corrected chi connectivity index (χ3v) is 3.13. The molecule has 0 saturated heterocycles. The molecule has 1 N–H and O–H groups in total. The highest BCUT2D eigenvalue weighted by Crippen LogP contribution is 2.26. The van der Waals surface area contributed by atoms with Crippen LogP contribution in [0, 0.1) is 0 Å². The van der Waals surface area contributed by atoms with Crippen molar-refractivity contribution >= 4 is 0 Å². The van der Waals surface area contributed by atoms with E-state index in [1.165, 1.54) is 0 Å². The van der Waals surface area contributed by atoms with Crippen LogP contribution in [0.3, 0.4) is 0 Å². The topological polar surface area (TPSA) is 38.0 Å². The normalized spacial score (nSPS) is 12.3. The molecule has 2 aromatic carbocycles. The molecule has 0 fully saturated rings. The molecule has 3 heteroatoms. The number of rotatable bonds is 3. The first-order valence-electron chi connectivity index (χ1n) is 6.16.